The molecule has 2 rings (SSSR count). The smallest absolute Gasteiger partial charge is 0.0910 e. The number of epoxide rings is 1. The Balaban J connectivity index is 1.63. The molecular weight excluding hydrogens is 176 g/mol. The van der Waals surface area contributed by atoms with E-state index < -0.39 is 0 Å². The Morgan fingerprint density at radius 3 is 2.71 bits per heavy atom. The van der Waals surface area contributed by atoms with Crippen LogP contribution in [0, 0.1) is 0 Å². The fourth-order valence-corrected chi connectivity index (χ4v) is 1.32. The van der Waals surface area contributed by atoms with Gasteiger partial charge in [-0.25, -0.2) is 0 Å². The van der Waals surface area contributed by atoms with Crippen LogP contribution in [0.1, 0.15) is 18.9 Å². The van der Waals surface area contributed by atoms with Crippen LogP contribution in [0.2, 0.25) is 0 Å². The fourth-order valence-electron chi connectivity index (χ4n) is 1.32. The van der Waals surface area contributed by atoms with E-state index in [9.17, 15) is 0 Å². The van der Waals surface area contributed by atoms with Crippen molar-refractivity contribution >= 4 is 0 Å². The summed E-state index contributed by atoms with van der Waals surface area (Å²) < 4.78 is 10.8. The lowest BCUT2D eigenvalue weighted by molar-refractivity contribution is 0.102. The van der Waals surface area contributed by atoms with Gasteiger partial charge >= 0.3 is 0 Å². The minimum absolute atomic E-state index is 0.122. The molecule has 0 amide bonds. The van der Waals surface area contributed by atoms with Crippen LogP contribution in [0.4, 0.5) is 0 Å². The summed E-state index contributed by atoms with van der Waals surface area (Å²) in [6.07, 6.45) is 1.000. The summed E-state index contributed by atoms with van der Waals surface area (Å²) in [7, 11) is 0. The van der Waals surface area contributed by atoms with Crippen LogP contribution < -0.4 is 0 Å². The van der Waals surface area contributed by atoms with E-state index in [1.54, 1.807) is 0 Å². The first-order valence-electron chi connectivity index (χ1n) is 5.04. The van der Waals surface area contributed by atoms with Gasteiger partial charge < -0.3 is 9.47 Å². The highest BCUT2D eigenvalue weighted by atomic mass is 16.6. The number of hydrogen-bond donors (Lipinski definition) is 0. The Labute approximate surface area is 84.8 Å². The maximum Gasteiger partial charge on any atom is 0.0910 e. The summed E-state index contributed by atoms with van der Waals surface area (Å²) in [6, 6.07) is 10.2. The van der Waals surface area contributed by atoms with E-state index in [0.717, 1.165) is 19.6 Å². The van der Waals surface area contributed by atoms with Crippen molar-refractivity contribution in [2.45, 2.75) is 25.6 Å². The number of hydrogen-bond acceptors (Lipinski definition) is 2. The lowest BCUT2D eigenvalue weighted by atomic mass is 10.1. The zero-order chi connectivity index (χ0) is 9.86. The van der Waals surface area contributed by atoms with E-state index >= 15 is 0 Å². The Morgan fingerprint density at radius 2 is 2.07 bits per heavy atom. The molecule has 0 radical (unpaired) electrons. The zero-order valence-electron chi connectivity index (χ0n) is 8.53. The maximum absolute atomic E-state index is 5.56. The molecule has 2 heteroatoms. The molecule has 0 N–H and O–H groups in total. The lowest BCUT2D eigenvalue weighted by Gasteiger charge is -2.06. The molecule has 76 valence electrons. The number of ether oxygens (including phenoxy) is 2. The van der Waals surface area contributed by atoms with Crippen molar-refractivity contribution in [2.75, 3.05) is 13.2 Å². The van der Waals surface area contributed by atoms with Gasteiger partial charge in [-0.15, -0.1) is 0 Å². The second-order valence-corrected chi connectivity index (χ2v) is 4.03. The van der Waals surface area contributed by atoms with Crippen LogP contribution in [0.25, 0.3) is 0 Å². The Bertz CT molecular complexity index is 278. The standard InChI is InChI=1S/C12H16O2/c1-12(10-14-12)7-8-13-9-11-5-3-2-4-6-11/h2-6H,7-10H2,1H3/t12-/m1/s1. The average Bonchev–Trinajstić information content (AvgIpc) is 2.94. The van der Waals surface area contributed by atoms with Crippen LogP contribution in [0.15, 0.2) is 30.3 Å². The molecule has 0 aliphatic carbocycles. The third kappa shape index (κ3) is 2.82. The SMILES string of the molecule is C[C@@]1(CCOCc2ccccc2)CO1. The molecule has 0 bridgehead atoms. The molecule has 0 spiro atoms. The van der Waals surface area contributed by atoms with Gasteiger partial charge in [-0.05, 0) is 12.5 Å². The largest absolute Gasteiger partial charge is 0.377 e. The van der Waals surface area contributed by atoms with Crippen LogP contribution in [-0.2, 0) is 16.1 Å². The fraction of sp³-hybridized carbons (Fsp3) is 0.500. The highest BCUT2D eigenvalue weighted by Gasteiger charge is 2.38. The molecule has 0 saturated carbocycles. The van der Waals surface area contributed by atoms with E-state index in [1.165, 1.54) is 5.56 Å². The molecule has 1 saturated heterocycles. The second-order valence-electron chi connectivity index (χ2n) is 4.03. The van der Waals surface area contributed by atoms with Crippen molar-refractivity contribution in [3.05, 3.63) is 35.9 Å². The molecular formula is C12H16O2. The molecule has 1 heterocycles. The molecule has 14 heavy (non-hydrogen) atoms. The Hall–Kier alpha value is -0.860. The molecule has 1 aliphatic heterocycles. The summed E-state index contributed by atoms with van der Waals surface area (Å²) >= 11 is 0. The van der Waals surface area contributed by atoms with Gasteiger partial charge in [0.1, 0.15) is 0 Å². The number of benzene rings is 1. The van der Waals surface area contributed by atoms with Crippen LogP contribution in [0.3, 0.4) is 0 Å². The van der Waals surface area contributed by atoms with E-state index in [4.69, 9.17) is 9.47 Å². The quantitative estimate of drug-likeness (QED) is 0.527. The monoisotopic (exact) mass is 192 g/mol. The van der Waals surface area contributed by atoms with Crippen molar-refractivity contribution in [1.29, 1.82) is 0 Å². The Kier molecular flexibility index (Phi) is 2.85. The second kappa shape index (κ2) is 4.11. The first-order valence-corrected chi connectivity index (χ1v) is 5.04. The summed E-state index contributed by atoms with van der Waals surface area (Å²) in [4.78, 5) is 0. The van der Waals surface area contributed by atoms with E-state index in [2.05, 4.69) is 19.1 Å². The minimum Gasteiger partial charge on any atom is -0.377 e. The first kappa shape index (κ1) is 9.69. The van der Waals surface area contributed by atoms with Crippen molar-refractivity contribution in [1.82, 2.24) is 0 Å². The van der Waals surface area contributed by atoms with Crippen molar-refractivity contribution < 1.29 is 9.47 Å². The third-order valence-corrected chi connectivity index (χ3v) is 2.52. The van der Waals surface area contributed by atoms with E-state index in [0.29, 0.717) is 6.61 Å². The topological polar surface area (TPSA) is 21.8 Å². The lowest BCUT2D eigenvalue weighted by Crippen LogP contribution is -2.09. The summed E-state index contributed by atoms with van der Waals surface area (Å²) in [6.45, 7) is 4.50. The Morgan fingerprint density at radius 1 is 1.36 bits per heavy atom. The zero-order valence-corrected chi connectivity index (χ0v) is 8.53. The van der Waals surface area contributed by atoms with Crippen molar-refractivity contribution in [2.24, 2.45) is 0 Å². The van der Waals surface area contributed by atoms with Crippen molar-refractivity contribution in [3.8, 4) is 0 Å². The molecule has 0 unspecified atom stereocenters. The molecule has 1 fully saturated rings. The maximum atomic E-state index is 5.56. The van der Waals surface area contributed by atoms with Gasteiger partial charge in [0, 0.05) is 13.0 Å². The normalized spacial score (nSPS) is 24.9. The van der Waals surface area contributed by atoms with Crippen LogP contribution in [0.5, 0.6) is 0 Å². The molecule has 0 aromatic heterocycles. The highest BCUT2D eigenvalue weighted by Crippen LogP contribution is 2.29. The van der Waals surface area contributed by atoms with Gasteiger partial charge in [0.15, 0.2) is 0 Å². The minimum atomic E-state index is 0.122. The predicted octanol–water partition coefficient (Wildman–Crippen LogP) is 2.38. The molecule has 1 atom stereocenters. The third-order valence-electron chi connectivity index (χ3n) is 2.52. The predicted molar refractivity (Wildman–Crippen MR) is 55.1 cm³/mol. The average molecular weight is 192 g/mol. The van der Waals surface area contributed by atoms with Crippen LogP contribution in [-0.4, -0.2) is 18.8 Å². The number of rotatable bonds is 5. The summed E-state index contributed by atoms with van der Waals surface area (Å²) in [5.74, 6) is 0. The van der Waals surface area contributed by atoms with Crippen LogP contribution >= 0.6 is 0 Å². The first-order chi connectivity index (χ1) is 6.79. The van der Waals surface area contributed by atoms with Gasteiger partial charge in [0.2, 0.25) is 0 Å². The van der Waals surface area contributed by atoms with Gasteiger partial charge in [0.25, 0.3) is 0 Å². The van der Waals surface area contributed by atoms with Gasteiger partial charge in [-0.3, -0.25) is 0 Å². The van der Waals surface area contributed by atoms with Gasteiger partial charge in [-0.1, -0.05) is 30.3 Å². The molecule has 1 aromatic rings. The van der Waals surface area contributed by atoms with Gasteiger partial charge in [-0.2, -0.15) is 0 Å². The van der Waals surface area contributed by atoms with Gasteiger partial charge in [0.05, 0.1) is 18.8 Å². The summed E-state index contributed by atoms with van der Waals surface area (Å²) in [5.41, 5.74) is 1.35. The van der Waals surface area contributed by atoms with E-state index in [1.807, 2.05) is 18.2 Å². The molecule has 1 aromatic carbocycles. The summed E-state index contributed by atoms with van der Waals surface area (Å²) in [5, 5.41) is 0. The highest BCUT2D eigenvalue weighted by molar-refractivity contribution is 5.13. The molecule has 1 aliphatic rings. The molecule has 2 nitrogen and oxygen atoms in total. The van der Waals surface area contributed by atoms with Crippen molar-refractivity contribution in [3.63, 3.8) is 0 Å². The van der Waals surface area contributed by atoms with E-state index in [-0.39, 0.29) is 5.60 Å².